The van der Waals surface area contributed by atoms with Gasteiger partial charge < -0.3 is 0 Å². The van der Waals surface area contributed by atoms with Crippen LogP contribution in [0.3, 0.4) is 0 Å². The van der Waals surface area contributed by atoms with Crippen LogP contribution in [-0.4, -0.2) is 16.1 Å². The van der Waals surface area contributed by atoms with E-state index in [0.29, 0.717) is 33.2 Å². The van der Waals surface area contributed by atoms with Gasteiger partial charge in [0, 0.05) is 33.4 Å². The average Bonchev–Trinajstić information content (AvgIpc) is 0.737. The summed E-state index contributed by atoms with van der Waals surface area (Å²) < 4.78 is 0. The second-order valence-corrected chi connectivity index (χ2v) is 39.8. The SMILES string of the molecule is CC(C)[Si](C#Cc1c2cc3ccccc3cc2c(C#Cc2ccc(/C=C/C=C/c3ccc(/C=C/C=C/c4ccc(C#Cc5c6cc7ccccc7cc6c(C#C[Si](C(C)C)(C(C)C)C(C)C)c6cc7ccccc7cc56)cc4)cc3)cc2)c2cc3ccccc3cc12)(C(C)C)C(C)C. The first-order valence-corrected chi connectivity index (χ1v) is 39.7. The van der Waals surface area contributed by atoms with Crippen molar-refractivity contribution in [3.8, 4) is 46.6 Å². The van der Waals surface area contributed by atoms with Crippen LogP contribution in [-0.2, 0) is 0 Å². The molecule has 0 unspecified atom stereocenters. The minimum Gasteiger partial charge on any atom is -0.125 e. The Morgan fingerprint density at radius 3 is 0.602 bits per heavy atom. The molecule has 0 aliphatic carbocycles. The lowest BCUT2D eigenvalue weighted by Crippen LogP contribution is -2.43. The summed E-state index contributed by atoms with van der Waals surface area (Å²) in [6, 6.07) is 79.3. The highest BCUT2D eigenvalue weighted by molar-refractivity contribution is 6.91. The largest absolute Gasteiger partial charge is 0.146 e. The third-order valence-corrected chi connectivity index (χ3v) is 33.6. The molecule has 0 heterocycles. The monoisotopic (exact) mass is 1290 g/mol. The molecule has 478 valence electrons. The molecule has 0 saturated carbocycles. The minimum atomic E-state index is -2.05. The van der Waals surface area contributed by atoms with Crippen LogP contribution in [0.1, 0.15) is 139 Å². The maximum absolute atomic E-state index is 4.11. The van der Waals surface area contributed by atoms with E-state index >= 15 is 0 Å². The van der Waals surface area contributed by atoms with E-state index in [1.54, 1.807) is 0 Å². The molecule has 0 N–H and O–H groups in total. The summed E-state index contributed by atoms with van der Waals surface area (Å²) in [5.41, 5.74) is 22.2. The average molecular weight is 1300 g/mol. The van der Waals surface area contributed by atoms with Crippen LogP contribution >= 0.6 is 0 Å². The smallest absolute Gasteiger partial charge is 0.125 e. The van der Waals surface area contributed by atoms with Gasteiger partial charge in [-0.1, -0.05) is 313 Å². The third kappa shape index (κ3) is 13.2. The van der Waals surface area contributed by atoms with E-state index in [4.69, 9.17) is 0 Å². The molecule has 0 spiro atoms. The first-order valence-electron chi connectivity index (χ1n) is 35.2. The maximum atomic E-state index is 4.11. The molecule has 98 heavy (non-hydrogen) atoms. The fourth-order valence-corrected chi connectivity index (χ4v) is 26.4. The molecule has 13 aromatic carbocycles. The summed E-state index contributed by atoms with van der Waals surface area (Å²) in [6.45, 7) is 28.8. The first kappa shape index (κ1) is 66.2. The van der Waals surface area contributed by atoms with E-state index in [0.717, 1.165) is 77.2 Å². The summed E-state index contributed by atoms with van der Waals surface area (Å²) in [6.07, 6.45) is 17.0. The van der Waals surface area contributed by atoms with Gasteiger partial charge in [-0.3, -0.25) is 0 Å². The Balaban J connectivity index is 0.703. The van der Waals surface area contributed by atoms with Gasteiger partial charge in [-0.2, -0.15) is 0 Å². The molecule has 13 rings (SSSR count). The Morgan fingerprint density at radius 1 is 0.224 bits per heavy atom. The molecule has 0 aliphatic rings. The second kappa shape index (κ2) is 28.3. The number of hydrogen-bond donors (Lipinski definition) is 0. The first-order chi connectivity index (χ1) is 47.5. The van der Waals surface area contributed by atoms with Gasteiger partial charge in [0.2, 0.25) is 0 Å². The van der Waals surface area contributed by atoms with Crippen molar-refractivity contribution in [2.24, 2.45) is 0 Å². The number of allylic oxidation sites excluding steroid dienone is 4. The Bertz CT molecular complexity index is 5050. The third-order valence-electron chi connectivity index (χ3n) is 21.0. The zero-order valence-corrected chi connectivity index (χ0v) is 60.9. The van der Waals surface area contributed by atoms with Crippen molar-refractivity contribution in [1.82, 2.24) is 0 Å². The molecule has 0 amide bonds. The van der Waals surface area contributed by atoms with Gasteiger partial charge in [0.25, 0.3) is 0 Å². The van der Waals surface area contributed by atoms with Crippen LogP contribution in [0.5, 0.6) is 0 Å². The molecule has 0 fully saturated rings. The van der Waals surface area contributed by atoms with Crippen LogP contribution in [0, 0.1) is 46.6 Å². The molecule has 13 aromatic rings. The van der Waals surface area contributed by atoms with Crippen LogP contribution in [0.2, 0.25) is 33.2 Å². The van der Waals surface area contributed by atoms with Gasteiger partial charge in [-0.25, -0.2) is 0 Å². The minimum absolute atomic E-state index is 0.530. The van der Waals surface area contributed by atoms with E-state index in [-0.39, 0.29) is 0 Å². The van der Waals surface area contributed by atoms with Gasteiger partial charge in [-0.05, 0) is 214 Å². The summed E-state index contributed by atoms with van der Waals surface area (Å²) in [5.74, 6) is 22.6. The fourth-order valence-electron chi connectivity index (χ4n) is 16.0. The Morgan fingerprint density at radius 2 is 0.408 bits per heavy atom. The predicted molar refractivity (Wildman–Crippen MR) is 436 cm³/mol. The van der Waals surface area contributed by atoms with Crippen molar-refractivity contribution in [1.29, 1.82) is 0 Å². The Labute approximate surface area is 584 Å². The molecule has 0 saturated heterocycles. The highest BCUT2D eigenvalue weighted by atomic mass is 28.3. The number of hydrogen-bond acceptors (Lipinski definition) is 0. The van der Waals surface area contributed by atoms with E-state index < -0.39 is 16.1 Å². The predicted octanol–water partition coefficient (Wildman–Crippen LogP) is 26.3. The van der Waals surface area contributed by atoms with Crippen LogP contribution in [0.4, 0.5) is 0 Å². The fraction of sp³-hybridized carbons (Fsp3) is 0.188. The lowest BCUT2D eigenvalue weighted by atomic mass is 9.89. The molecule has 0 aromatic heterocycles. The van der Waals surface area contributed by atoms with Crippen molar-refractivity contribution in [2.45, 2.75) is 116 Å². The quantitative estimate of drug-likeness (QED) is 0.0495. The van der Waals surface area contributed by atoms with Gasteiger partial charge in [-0.15, -0.1) is 11.1 Å². The Hall–Kier alpha value is -10.4. The lowest BCUT2D eigenvalue weighted by Gasteiger charge is -2.38. The molecular weight excluding hydrogens is 1210 g/mol. The van der Waals surface area contributed by atoms with Crippen molar-refractivity contribution < 1.29 is 0 Å². The topological polar surface area (TPSA) is 0 Å². The maximum Gasteiger partial charge on any atom is 0.146 e. The second-order valence-electron chi connectivity index (χ2n) is 28.6. The molecule has 0 atom stereocenters. The molecule has 0 radical (unpaired) electrons. The van der Waals surface area contributed by atoms with Gasteiger partial charge in [0.05, 0.1) is 0 Å². The number of fused-ring (bicyclic) bond motifs is 8. The van der Waals surface area contributed by atoms with Crippen molar-refractivity contribution in [2.75, 3.05) is 0 Å². The van der Waals surface area contributed by atoms with Crippen molar-refractivity contribution >= 4 is 127 Å². The van der Waals surface area contributed by atoms with Crippen LogP contribution in [0.15, 0.2) is 243 Å². The van der Waals surface area contributed by atoms with Crippen molar-refractivity contribution in [3.63, 3.8) is 0 Å². The van der Waals surface area contributed by atoms with Crippen LogP contribution in [0.25, 0.3) is 110 Å². The van der Waals surface area contributed by atoms with Gasteiger partial charge >= 0.3 is 0 Å². The summed E-state index contributed by atoms with van der Waals surface area (Å²) in [5, 5.41) is 18.9. The zero-order valence-electron chi connectivity index (χ0n) is 58.9. The number of rotatable bonds is 12. The van der Waals surface area contributed by atoms with E-state index in [1.807, 2.05) is 0 Å². The van der Waals surface area contributed by atoms with E-state index in [9.17, 15) is 0 Å². The molecule has 0 nitrogen and oxygen atoms in total. The highest BCUT2D eigenvalue weighted by Gasteiger charge is 2.43. The summed E-state index contributed by atoms with van der Waals surface area (Å²) in [7, 11) is -4.09. The van der Waals surface area contributed by atoms with E-state index in [2.05, 4.69) is 397 Å². The summed E-state index contributed by atoms with van der Waals surface area (Å²) in [4.78, 5) is 0. The van der Waals surface area contributed by atoms with E-state index in [1.165, 1.54) is 64.6 Å². The standard InChI is InChI=1S/C96H86Si2/c1-65(2)97(66(3)4,67(5)6)55-53-87-93-61-81-33-21-17-29-77(81)57-89(93)85(90-58-78-30-18-22-34-82(78)62-94(87)90)51-49-75-45-41-73(42-46-75)27-15-13-25-71-37-39-72(40-38-71)26-14-16-28-74-43-47-76(48-44-74)50-52-86-91-59-79-31-19-23-35-83(79)63-95(91)88(54-56-98(68(7)8,69(9)10)70(11)12)96-64-84-36-24-20-32-80(84)60-92(86)96/h13-48,57-70H,1-12H3/b25-13+,26-14+,27-15+,28-16+. The zero-order chi connectivity index (χ0) is 68.2. The highest BCUT2D eigenvalue weighted by Crippen LogP contribution is 2.45. The van der Waals surface area contributed by atoms with Gasteiger partial charge in [0.1, 0.15) is 16.1 Å². The molecular formula is C96H86Si2. The van der Waals surface area contributed by atoms with Gasteiger partial charge in [0.15, 0.2) is 0 Å². The Kier molecular flexibility index (Phi) is 19.1. The summed E-state index contributed by atoms with van der Waals surface area (Å²) >= 11 is 0. The van der Waals surface area contributed by atoms with Crippen LogP contribution < -0.4 is 0 Å². The molecule has 0 aliphatic heterocycles. The molecule has 0 bridgehead atoms. The normalized spacial score (nSPS) is 12.3. The van der Waals surface area contributed by atoms with Crippen molar-refractivity contribution in [3.05, 3.63) is 298 Å². The number of benzene rings is 13. The molecule has 2 heteroatoms. The lowest BCUT2D eigenvalue weighted by molar-refractivity contribution is 0.838.